The molecule has 0 fully saturated rings. The predicted octanol–water partition coefficient (Wildman–Crippen LogP) is 2.67. The topological polar surface area (TPSA) is 66.5 Å². The Hall–Kier alpha value is -0.760. The van der Waals surface area contributed by atoms with E-state index in [0.29, 0.717) is 24.5 Å². The van der Waals surface area contributed by atoms with Crippen LogP contribution < -0.4 is 5.32 Å². The number of thioether (sulfide) groups is 1. The van der Waals surface area contributed by atoms with Gasteiger partial charge in [-0.2, -0.15) is 16.1 Å². The standard InChI is InChI=1S/C13H19ClN2O3S2/c1-4-16(5-2)21(18,19)12-8-10(6-7-11(12)14)15-13(17)9-20-3/h6-8H,4-5,9H2,1-3H3,(H,15,17). The molecular formula is C13H19ClN2O3S2. The summed E-state index contributed by atoms with van der Waals surface area (Å²) in [6, 6.07) is 4.46. The highest BCUT2D eigenvalue weighted by molar-refractivity contribution is 7.99. The molecule has 0 radical (unpaired) electrons. The highest BCUT2D eigenvalue weighted by atomic mass is 35.5. The highest BCUT2D eigenvalue weighted by Crippen LogP contribution is 2.27. The number of amides is 1. The predicted molar refractivity (Wildman–Crippen MR) is 88.6 cm³/mol. The molecule has 0 atom stereocenters. The van der Waals surface area contributed by atoms with Crippen LogP contribution in [0.5, 0.6) is 0 Å². The lowest BCUT2D eigenvalue weighted by Gasteiger charge is -2.19. The van der Waals surface area contributed by atoms with Crippen molar-refractivity contribution in [3.63, 3.8) is 0 Å². The van der Waals surface area contributed by atoms with Gasteiger partial charge in [-0.1, -0.05) is 25.4 Å². The molecule has 1 aromatic rings. The number of hydrogen-bond acceptors (Lipinski definition) is 4. The Morgan fingerprint density at radius 3 is 2.48 bits per heavy atom. The zero-order valence-corrected chi connectivity index (χ0v) is 14.6. The van der Waals surface area contributed by atoms with Crippen LogP contribution in [0.4, 0.5) is 5.69 Å². The van der Waals surface area contributed by atoms with Crippen LogP contribution in [-0.2, 0) is 14.8 Å². The molecule has 0 spiro atoms. The maximum atomic E-state index is 12.5. The molecule has 1 rings (SSSR count). The van der Waals surface area contributed by atoms with E-state index in [2.05, 4.69) is 5.32 Å². The number of nitrogens with one attached hydrogen (secondary N) is 1. The van der Waals surface area contributed by atoms with E-state index < -0.39 is 10.0 Å². The molecule has 0 aliphatic carbocycles. The van der Waals surface area contributed by atoms with E-state index in [-0.39, 0.29) is 15.8 Å². The van der Waals surface area contributed by atoms with Crippen molar-refractivity contribution in [2.45, 2.75) is 18.7 Å². The molecule has 0 saturated carbocycles. The van der Waals surface area contributed by atoms with Crippen molar-refractivity contribution < 1.29 is 13.2 Å². The summed E-state index contributed by atoms with van der Waals surface area (Å²) < 4.78 is 26.3. The average Bonchev–Trinajstić information content (AvgIpc) is 2.42. The Morgan fingerprint density at radius 1 is 1.33 bits per heavy atom. The van der Waals surface area contributed by atoms with Gasteiger partial charge in [0.1, 0.15) is 4.90 Å². The normalized spacial score (nSPS) is 11.7. The lowest BCUT2D eigenvalue weighted by Crippen LogP contribution is -2.30. The van der Waals surface area contributed by atoms with Crippen molar-refractivity contribution in [3.8, 4) is 0 Å². The van der Waals surface area contributed by atoms with Gasteiger partial charge in [0.15, 0.2) is 0 Å². The van der Waals surface area contributed by atoms with Crippen LogP contribution in [0.3, 0.4) is 0 Å². The van der Waals surface area contributed by atoms with E-state index in [1.807, 2.05) is 6.26 Å². The molecular weight excluding hydrogens is 332 g/mol. The monoisotopic (exact) mass is 350 g/mol. The molecule has 0 unspecified atom stereocenters. The van der Waals surface area contributed by atoms with Gasteiger partial charge < -0.3 is 5.32 Å². The summed E-state index contributed by atoms with van der Waals surface area (Å²) in [5, 5.41) is 2.80. The quantitative estimate of drug-likeness (QED) is 0.821. The van der Waals surface area contributed by atoms with Crippen molar-refractivity contribution >= 4 is 45.0 Å². The molecule has 1 amide bonds. The van der Waals surface area contributed by atoms with E-state index >= 15 is 0 Å². The Morgan fingerprint density at radius 2 is 1.95 bits per heavy atom. The lowest BCUT2D eigenvalue weighted by molar-refractivity contribution is -0.113. The van der Waals surface area contributed by atoms with Crippen molar-refractivity contribution in [3.05, 3.63) is 23.2 Å². The molecule has 8 heteroatoms. The minimum atomic E-state index is -3.66. The molecule has 0 aliphatic rings. The largest absolute Gasteiger partial charge is 0.325 e. The smallest absolute Gasteiger partial charge is 0.244 e. The van der Waals surface area contributed by atoms with Crippen LogP contribution >= 0.6 is 23.4 Å². The number of anilines is 1. The van der Waals surface area contributed by atoms with Crippen molar-refractivity contribution in [2.75, 3.05) is 30.4 Å². The maximum Gasteiger partial charge on any atom is 0.244 e. The van der Waals surface area contributed by atoms with Crippen molar-refractivity contribution in [2.24, 2.45) is 0 Å². The summed E-state index contributed by atoms with van der Waals surface area (Å²) in [6.45, 7) is 4.24. The second kappa shape index (κ2) is 8.03. The first-order chi connectivity index (χ1) is 9.86. The minimum Gasteiger partial charge on any atom is -0.325 e. The Bertz CT molecular complexity index is 601. The SMILES string of the molecule is CCN(CC)S(=O)(=O)c1cc(NC(=O)CSC)ccc1Cl. The fourth-order valence-electron chi connectivity index (χ4n) is 1.81. The summed E-state index contributed by atoms with van der Waals surface area (Å²) in [6.07, 6.45) is 1.82. The number of hydrogen-bond donors (Lipinski definition) is 1. The number of rotatable bonds is 7. The summed E-state index contributed by atoms with van der Waals surface area (Å²) in [7, 11) is -3.66. The second-order valence-electron chi connectivity index (χ2n) is 4.22. The summed E-state index contributed by atoms with van der Waals surface area (Å²) in [4.78, 5) is 11.6. The fraction of sp³-hybridized carbons (Fsp3) is 0.462. The zero-order chi connectivity index (χ0) is 16.0. The molecule has 0 aromatic heterocycles. The van der Waals surface area contributed by atoms with E-state index in [0.717, 1.165) is 0 Å². The molecule has 118 valence electrons. The molecule has 21 heavy (non-hydrogen) atoms. The van der Waals surface area contributed by atoms with Gasteiger partial charge in [0.05, 0.1) is 10.8 Å². The van der Waals surface area contributed by atoms with Crippen LogP contribution in [0.2, 0.25) is 5.02 Å². The molecule has 0 saturated heterocycles. The lowest BCUT2D eigenvalue weighted by atomic mass is 10.3. The Labute approximate surface area is 135 Å². The van der Waals surface area contributed by atoms with Gasteiger partial charge in [0.25, 0.3) is 0 Å². The second-order valence-corrected chi connectivity index (χ2v) is 7.40. The first-order valence-corrected chi connectivity index (χ1v) is 9.66. The molecule has 0 aliphatic heterocycles. The van der Waals surface area contributed by atoms with Crippen LogP contribution in [0.1, 0.15) is 13.8 Å². The van der Waals surface area contributed by atoms with Gasteiger partial charge in [-0.05, 0) is 24.5 Å². The molecule has 5 nitrogen and oxygen atoms in total. The van der Waals surface area contributed by atoms with E-state index in [1.165, 1.54) is 28.2 Å². The van der Waals surface area contributed by atoms with Crippen LogP contribution in [-0.4, -0.2) is 43.7 Å². The van der Waals surface area contributed by atoms with Gasteiger partial charge >= 0.3 is 0 Å². The third-order valence-electron chi connectivity index (χ3n) is 2.81. The number of sulfonamides is 1. The Kier molecular flexibility index (Phi) is 6.99. The number of halogens is 1. The maximum absolute atomic E-state index is 12.5. The average molecular weight is 351 g/mol. The van der Waals surface area contributed by atoms with Gasteiger partial charge in [0.2, 0.25) is 15.9 Å². The van der Waals surface area contributed by atoms with Gasteiger partial charge in [-0.15, -0.1) is 0 Å². The van der Waals surface area contributed by atoms with E-state index in [1.54, 1.807) is 19.9 Å². The Balaban J connectivity index is 3.16. The number of nitrogens with zero attached hydrogens (tertiary/aromatic N) is 1. The minimum absolute atomic E-state index is 0.00909. The van der Waals surface area contributed by atoms with Gasteiger partial charge in [0, 0.05) is 18.8 Å². The molecule has 0 bridgehead atoms. The summed E-state index contributed by atoms with van der Waals surface area (Å²) in [5.74, 6) is 0.122. The van der Waals surface area contributed by atoms with Gasteiger partial charge in [-0.25, -0.2) is 8.42 Å². The first-order valence-electron chi connectivity index (χ1n) is 6.45. The highest BCUT2D eigenvalue weighted by Gasteiger charge is 2.24. The zero-order valence-electron chi connectivity index (χ0n) is 12.2. The number of carbonyl (C=O) groups is 1. The first kappa shape index (κ1) is 18.3. The van der Waals surface area contributed by atoms with Crippen molar-refractivity contribution in [1.82, 2.24) is 4.31 Å². The molecule has 1 N–H and O–H groups in total. The van der Waals surface area contributed by atoms with Crippen LogP contribution in [0, 0.1) is 0 Å². The van der Waals surface area contributed by atoms with E-state index in [4.69, 9.17) is 11.6 Å². The van der Waals surface area contributed by atoms with E-state index in [9.17, 15) is 13.2 Å². The third-order valence-corrected chi connectivity index (χ3v) is 5.90. The molecule has 0 heterocycles. The fourth-order valence-corrected chi connectivity index (χ4v) is 4.10. The molecule has 1 aromatic carbocycles. The number of carbonyl (C=O) groups excluding carboxylic acids is 1. The van der Waals surface area contributed by atoms with Crippen LogP contribution in [0.15, 0.2) is 23.1 Å². The van der Waals surface area contributed by atoms with Crippen LogP contribution in [0.25, 0.3) is 0 Å². The summed E-state index contributed by atoms with van der Waals surface area (Å²) >= 11 is 7.40. The van der Waals surface area contributed by atoms with Crippen molar-refractivity contribution in [1.29, 1.82) is 0 Å². The summed E-state index contributed by atoms with van der Waals surface area (Å²) in [5.41, 5.74) is 0.421. The number of benzene rings is 1. The van der Waals surface area contributed by atoms with Gasteiger partial charge in [-0.3, -0.25) is 4.79 Å². The third kappa shape index (κ3) is 4.60.